The summed E-state index contributed by atoms with van der Waals surface area (Å²) in [6, 6.07) is 14.6. The van der Waals surface area contributed by atoms with Crippen molar-refractivity contribution in [2.24, 2.45) is 4.99 Å². The third kappa shape index (κ3) is 7.77. The van der Waals surface area contributed by atoms with Crippen molar-refractivity contribution in [1.29, 1.82) is 0 Å². The molecule has 0 fully saturated rings. The van der Waals surface area contributed by atoms with Gasteiger partial charge in [0.2, 0.25) is 5.91 Å². The minimum atomic E-state index is -2.90. The van der Waals surface area contributed by atoms with E-state index < -0.39 is 6.61 Å². The molecule has 8 heteroatoms. The lowest BCUT2D eigenvalue weighted by Gasteiger charge is -2.17. The molecule has 1 amide bonds. The molecule has 0 aromatic heterocycles. The maximum atomic E-state index is 12.7. The first-order valence-electron chi connectivity index (χ1n) is 9.15. The highest BCUT2D eigenvalue weighted by molar-refractivity contribution is 5.86. The molecule has 0 unspecified atom stereocenters. The Morgan fingerprint density at radius 1 is 1.14 bits per heavy atom. The van der Waals surface area contributed by atoms with Gasteiger partial charge in [0, 0.05) is 26.2 Å². The summed E-state index contributed by atoms with van der Waals surface area (Å²) < 4.78 is 29.9. The monoisotopic (exact) mass is 404 g/mol. The Labute approximate surface area is 169 Å². The quantitative estimate of drug-likeness (QED) is 0.525. The van der Waals surface area contributed by atoms with E-state index in [2.05, 4.69) is 20.4 Å². The Morgan fingerprint density at radius 3 is 2.52 bits per heavy atom. The van der Waals surface area contributed by atoms with E-state index in [1.807, 2.05) is 37.3 Å². The number of nitrogens with zero attached hydrogens (tertiary/aromatic N) is 2. The van der Waals surface area contributed by atoms with Gasteiger partial charge < -0.3 is 20.3 Å². The lowest BCUT2D eigenvalue weighted by atomic mass is 10.1. The number of carbonyl (C=O) groups excluding carboxylic acids is 1. The molecule has 0 saturated carbocycles. The van der Waals surface area contributed by atoms with Gasteiger partial charge in [0.1, 0.15) is 5.75 Å². The number of carbonyl (C=O) groups is 1. The Morgan fingerprint density at radius 2 is 1.86 bits per heavy atom. The molecule has 0 spiro atoms. The van der Waals surface area contributed by atoms with Crippen molar-refractivity contribution in [2.45, 2.75) is 26.6 Å². The van der Waals surface area contributed by atoms with E-state index in [4.69, 9.17) is 0 Å². The number of rotatable bonds is 8. The van der Waals surface area contributed by atoms with Crippen LogP contribution in [0.25, 0.3) is 0 Å². The van der Waals surface area contributed by atoms with Crippen LogP contribution < -0.4 is 15.4 Å². The minimum absolute atomic E-state index is 0.0574. The summed E-state index contributed by atoms with van der Waals surface area (Å²) in [6.07, 6.45) is 0. The second-order valence-electron chi connectivity index (χ2n) is 6.64. The third-order valence-electron chi connectivity index (χ3n) is 4.05. The highest BCUT2D eigenvalue weighted by Crippen LogP contribution is 2.22. The van der Waals surface area contributed by atoms with Gasteiger partial charge in [-0.05, 0) is 18.6 Å². The Bertz CT molecular complexity index is 827. The number of aryl methyl sites for hydroxylation is 1. The van der Waals surface area contributed by atoms with Crippen LogP contribution in [0.5, 0.6) is 5.75 Å². The van der Waals surface area contributed by atoms with Crippen LogP contribution in [0.1, 0.15) is 16.7 Å². The molecule has 0 heterocycles. The maximum Gasteiger partial charge on any atom is 0.387 e. The topological polar surface area (TPSA) is 66.0 Å². The summed E-state index contributed by atoms with van der Waals surface area (Å²) in [6.45, 7) is -0.366. The van der Waals surface area contributed by atoms with Gasteiger partial charge in [0.05, 0.1) is 13.1 Å². The van der Waals surface area contributed by atoms with Gasteiger partial charge in [-0.3, -0.25) is 4.79 Å². The van der Waals surface area contributed by atoms with Gasteiger partial charge in [-0.1, -0.05) is 48.0 Å². The number of hydrogen-bond acceptors (Lipinski definition) is 3. The number of hydrogen-bond donors (Lipinski definition) is 2. The summed E-state index contributed by atoms with van der Waals surface area (Å²) in [4.78, 5) is 17.9. The van der Waals surface area contributed by atoms with E-state index in [1.54, 1.807) is 26.2 Å². The zero-order valence-electron chi connectivity index (χ0n) is 16.8. The van der Waals surface area contributed by atoms with Gasteiger partial charge in [-0.25, -0.2) is 4.99 Å². The van der Waals surface area contributed by atoms with Crippen molar-refractivity contribution in [3.05, 3.63) is 65.2 Å². The van der Waals surface area contributed by atoms with Gasteiger partial charge in [0.15, 0.2) is 5.96 Å². The Hall–Kier alpha value is -3.16. The molecule has 0 atom stereocenters. The van der Waals surface area contributed by atoms with Crippen LogP contribution >= 0.6 is 0 Å². The van der Waals surface area contributed by atoms with Crippen molar-refractivity contribution < 1.29 is 18.3 Å². The molecule has 29 heavy (non-hydrogen) atoms. The van der Waals surface area contributed by atoms with Gasteiger partial charge in [-0.15, -0.1) is 0 Å². The Balaban J connectivity index is 2.12. The number of nitrogens with one attached hydrogen (secondary N) is 2. The van der Waals surface area contributed by atoms with E-state index in [9.17, 15) is 13.6 Å². The van der Waals surface area contributed by atoms with E-state index in [1.165, 1.54) is 11.0 Å². The lowest BCUT2D eigenvalue weighted by Crippen LogP contribution is -2.42. The SMILES string of the molecule is Cc1ccc(OC(F)F)c(CNC(=NCc2ccccc2)NCC(=O)N(C)C)c1. The summed E-state index contributed by atoms with van der Waals surface area (Å²) in [7, 11) is 3.33. The van der Waals surface area contributed by atoms with Crippen molar-refractivity contribution in [3.8, 4) is 5.75 Å². The molecule has 0 aliphatic carbocycles. The van der Waals surface area contributed by atoms with Gasteiger partial charge in [0.25, 0.3) is 0 Å². The number of halogens is 2. The molecule has 0 aliphatic rings. The van der Waals surface area contributed by atoms with Crippen LogP contribution in [0, 0.1) is 6.92 Å². The fraction of sp³-hybridized carbons (Fsp3) is 0.333. The number of alkyl halides is 2. The summed E-state index contributed by atoms with van der Waals surface area (Å²) in [5.41, 5.74) is 2.49. The highest BCUT2D eigenvalue weighted by Gasteiger charge is 2.11. The number of likely N-dealkylation sites (N-methyl/N-ethyl adjacent to an activating group) is 1. The molecule has 2 rings (SSSR count). The molecule has 156 valence electrons. The van der Waals surface area contributed by atoms with Crippen molar-refractivity contribution >= 4 is 11.9 Å². The predicted molar refractivity (Wildman–Crippen MR) is 109 cm³/mol. The zero-order valence-corrected chi connectivity index (χ0v) is 16.8. The number of ether oxygens (including phenoxy) is 1. The van der Waals surface area contributed by atoms with E-state index >= 15 is 0 Å². The van der Waals surface area contributed by atoms with Crippen molar-refractivity contribution in [1.82, 2.24) is 15.5 Å². The second-order valence-corrected chi connectivity index (χ2v) is 6.64. The van der Waals surface area contributed by atoms with Crippen LogP contribution in [0.15, 0.2) is 53.5 Å². The first kappa shape index (κ1) is 22.1. The molecule has 0 radical (unpaired) electrons. The normalized spacial score (nSPS) is 11.3. The van der Waals surface area contributed by atoms with Crippen LogP contribution in [0.2, 0.25) is 0 Å². The zero-order chi connectivity index (χ0) is 21.2. The molecule has 6 nitrogen and oxygen atoms in total. The van der Waals surface area contributed by atoms with Crippen LogP contribution in [-0.4, -0.2) is 44.0 Å². The molecule has 0 bridgehead atoms. The molecule has 2 aromatic carbocycles. The third-order valence-corrected chi connectivity index (χ3v) is 4.05. The molecule has 0 saturated heterocycles. The fourth-order valence-electron chi connectivity index (χ4n) is 2.48. The predicted octanol–water partition coefficient (Wildman–Crippen LogP) is 2.92. The Kier molecular flexibility index (Phi) is 8.39. The second kappa shape index (κ2) is 11.0. The molecule has 2 N–H and O–H groups in total. The van der Waals surface area contributed by atoms with Crippen LogP contribution in [-0.2, 0) is 17.9 Å². The fourth-order valence-corrected chi connectivity index (χ4v) is 2.48. The highest BCUT2D eigenvalue weighted by atomic mass is 19.3. The largest absolute Gasteiger partial charge is 0.434 e. The molecular weight excluding hydrogens is 378 g/mol. The number of amides is 1. The number of guanidine groups is 1. The van der Waals surface area contributed by atoms with E-state index in [0.29, 0.717) is 18.1 Å². The summed E-state index contributed by atoms with van der Waals surface area (Å²) in [5.74, 6) is 0.384. The lowest BCUT2D eigenvalue weighted by molar-refractivity contribution is -0.127. The van der Waals surface area contributed by atoms with Gasteiger partial charge >= 0.3 is 6.61 Å². The van der Waals surface area contributed by atoms with Crippen LogP contribution in [0.4, 0.5) is 8.78 Å². The van der Waals surface area contributed by atoms with Crippen molar-refractivity contribution in [2.75, 3.05) is 20.6 Å². The van der Waals surface area contributed by atoms with E-state index in [-0.39, 0.29) is 24.7 Å². The number of benzene rings is 2. The molecular formula is C21H26F2N4O2. The molecule has 2 aromatic rings. The van der Waals surface area contributed by atoms with Crippen LogP contribution in [0.3, 0.4) is 0 Å². The maximum absolute atomic E-state index is 12.7. The summed E-state index contributed by atoms with van der Waals surface area (Å²) >= 11 is 0. The summed E-state index contributed by atoms with van der Waals surface area (Å²) in [5, 5.41) is 6.06. The van der Waals surface area contributed by atoms with Crippen molar-refractivity contribution in [3.63, 3.8) is 0 Å². The number of aliphatic imine (C=N–C) groups is 1. The first-order valence-corrected chi connectivity index (χ1v) is 9.15. The average molecular weight is 404 g/mol. The smallest absolute Gasteiger partial charge is 0.387 e. The standard InChI is InChI=1S/C21H26F2N4O2/c1-15-9-10-18(29-20(22)23)17(11-15)13-25-21(26-14-19(28)27(2)3)24-12-16-7-5-4-6-8-16/h4-11,20H,12-14H2,1-3H3,(H2,24,25,26). The molecule has 0 aliphatic heterocycles. The van der Waals surface area contributed by atoms with Gasteiger partial charge in [-0.2, -0.15) is 8.78 Å². The first-order chi connectivity index (χ1) is 13.8. The minimum Gasteiger partial charge on any atom is -0.434 e. The van der Waals surface area contributed by atoms with E-state index in [0.717, 1.165) is 11.1 Å². The average Bonchev–Trinajstić information content (AvgIpc) is 2.69.